The quantitative estimate of drug-likeness (QED) is 0.424. The second-order valence-corrected chi connectivity index (χ2v) is 3.12. The van der Waals surface area contributed by atoms with Gasteiger partial charge in [-0.2, -0.15) is 0 Å². The lowest BCUT2D eigenvalue weighted by molar-refractivity contribution is 0.657. The Kier molecular flexibility index (Phi) is 6.73. The van der Waals surface area contributed by atoms with E-state index in [-0.39, 0.29) is 5.83 Å². The van der Waals surface area contributed by atoms with E-state index in [4.69, 9.17) is 0 Å². The predicted molar refractivity (Wildman–Crippen MR) is 52.8 cm³/mol. The van der Waals surface area contributed by atoms with Gasteiger partial charge in [-0.25, -0.2) is 4.39 Å². The first-order chi connectivity index (χ1) is 5.70. The normalized spacial score (nSPS) is 13.7. The zero-order valence-corrected chi connectivity index (χ0v) is 8.36. The van der Waals surface area contributed by atoms with E-state index in [1.165, 1.54) is 25.3 Å². The van der Waals surface area contributed by atoms with Crippen molar-refractivity contribution in [2.24, 2.45) is 0 Å². The van der Waals surface area contributed by atoms with Crippen molar-refractivity contribution >= 4 is 0 Å². The molecule has 0 fully saturated rings. The van der Waals surface area contributed by atoms with E-state index in [2.05, 4.69) is 6.92 Å². The summed E-state index contributed by atoms with van der Waals surface area (Å²) in [7, 11) is 0. The number of hydrogen-bond acceptors (Lipinski definition) is 0. The van der Waals surface area contributed by atoms with Crippen LogP contribution in [0.15, 0.2) is 23.6 Å². The molecule has 0 atom stereocenters. The molecule has 0 aliphatic heterocycles. The molecular weight excluding hydrogens is 151 g/mol. The zero-order valence-electron chi connectivity index (χ0n) is 8.36. The van der Waals surface area contributed by atoms with Gasteiger partial charge < -0.3 is 0 Å². The highest BCUT2D eigenvalue weighted by Gasteiger charge is 1.92. The molecule has 0 radical (unpaired) electrons. The molecule has 0 unspecified atom stereocenters. The third kappa shape index (κ3) is 6.14. The first-order valence-electron chi connectivity index (χ1n) is 4.69. The van der Waals surface area contributed by atoms with Crippen LogP contribution in [-0.4, -0.2) is 0 Å². The van der Waals surface area contributed by atoms with E-state index in [9.17, 15) is 4.39 Å². The molecule has 0 aromatic rings. The molecule has 0 aliphatic rings. The van der Waals surface area contributed by atoms with Crippen molar-refractivity contribution in [3.05, 3.63) is 23.6 Å². The van der Waals surface area contributed by atoms with Crippen LogP contribution in [0, 0.1) is 0 Å². The van der Waals surface area contributed by atoms with Gasteiger partial charge in [0.1, 0.15) is 5.83 Å². The summed E-state index contributed by atoms with van der Waals surface area (Å²) in [6.07, 6.45) is 7.77. The molecule has 12 heavy (non-hydrogen) atoms. The van der Waals surface area contributed by atoms with Crippen molar-refractivity contribution in [1.29, 1.82) is 0 Å². The standard InChI is InChI=1S/C11H19F/c1-4-6-7-8-10(3)9-11(12)5-2/h5,9H,4,6-8H2,1-3H3/b10-9-,11-5+. The lowest BCUT2D eigenvalue weighted by Crippen LogP contribution is -1.79. The molecule has 0 saturated heterocycles. The first kappa shape index (κ1) is 11.4. The lowest BCUT2D eigenvalue weighted by atomic mass is 10.1. The van der Waals surface area contributed by atoms with Crippen LogP contribution in [0.2, 0.25) is 0 Å². The maximum absolute atomic E-state index is 12.7. The second kappa shape index (κ2) is 7.08. The van der Waals surface area contributed by atoms with Crippen molar-refractivity contribution < 1.29 is 4.39 Å². The van der Waals surface area contributed by atoms with Crippen LogP contribution in [0.1, 0.15) is 46.5 Å². The highest BCUT2D eigenvalue weighted by molar-refractivity contribution is 5.15. The van der Waals surface area contributed by atoms with E-state index in [0.717, 1.165) is 12.0 Å². The van der Waals surface area contributed by atoms with Gasteiger partial charge in [-0.15, -0.1) is 0 Å². The molecule has 0 amide bonds. The number of halogens is 1. The third-order valence-electron chi connectivity index (χ3n) is 1.83. The SMILES string of the molecule is C/C=C(F)\C=C(\C)CCCCC. The van der Waals surface area contributed by atoms with Crippen molar-refractivity contribution in [2.45, 2.75) is 46.5 Å². The van der Waals surface area contributed by atoms with E-state index in [1.54, 1.807) is 13.0 Å². The molecule has 1 heteroatoms. The van der Waals surface area contributed by atoms with Crippen molar-refractivity contribution in [2.75, 3.05) is 0 Å². The molecule has 0 rings (SSSR count). The van der Waals surface area contributed by atoms with Crippen LogP contribution in [0.3, 0.4) is 0 Å². The van der Waals surface area contributed by atoms with Gasteiger partial charge >= 0.3 is 0 Å². The monoisotopic (exact) mass is 170 g/mol. The minimum Gasteiger partial charge on any atom is -0.207 e. The minimum absolute atomic E-state index is 0.121. The van der Waals surface area contributed by atoms with Gasteiger partial charge in [-0.1, -0.05) is 31.4 Å². The second-order valence-electron chi connectivity index (χ2n) is 3.12. The van der Waals surface area contributed by atoms with Crippen molar-refractivity contribution in [1.82, 2.24) is 0 Å². The Bertz CT molecular complexity index is 166. The summed E-state index contributed by atoms with van der Waals surface area (Å²) in [4.78, 5) is 0. The molecule has 0 N–H and O–H groups in total. The van der Waals surface area contributed by atoms with Gasteiger partial charge in [0.15, 0.2) is 0 Å². The van der Waals surface area contributed by atoms with E-state index < -0.39 is 0 Å². The largest absolute Gasteiger partial charge is 0.207 e. The lowest BCUT2D eigenvalue weighted by Gasteiger charge is -1.98. The van der Waals surface area contributed by atoms with Gasteiger partial charge in [0.2, 0.25) is 0 Å². The van der Waals surface area contributed by atoms with Crippen LogP contribution in [0.25, 0.3) is 0 Å². The Hall–Kier alpha value is -0.590. The number of unbranched alkanes of at least 4 members (excludes halogenated alkanes) is 2. The fraction of sp³-hybridized carbons (Fsp3) is 0.636. The van der Waals surface area contributed by atoms with Crippen LogP contribution >= 0.6 is 0 Å². The van der Waals surface area contributed by atoms with Gasteiger partial charge in [-0.05, 0) is 32.8 Å². The van der Waals surface area contributed by atoms with E-state index in [1.807, 2.05) is 6.92 Å². The van der Waals surface area contributed by atoms with Crippen molar-refractivity contribution in [3.8, 4) is 0 Å². The first-order valence-corrected chi connectivity index (χ1v) is 4.69. The molecule has 70 valence electrons. The fourth-order valence-electron chi connectivity index (χ4n) is 1.04. The third-order valence-corrected chi connectivity index (χ3v) is 1.83. The molecule has 0 aliphatic carbocycles. The summed E-state index contributed by atoms with van der Waals surface area (Å²) in [6, 6.07) is 0. The Balaban J connectivity index is 3.70. The average Bonchev–Trinajstić information content (AvgIpc) is 2.05. The molecular formula is C11H19F. The Labute approximate surface area is 75.2 Å². The molecule has 0 saturated carbocycles. The van der Waals surface area contributed by atoms with Crippen LogP contribution in [-0.2, 0) is 0 Å². The van der Waals surface area contributed by atoms with Gasteiger partial charge in [-0.3, -0.25) is 0 Å². The summed E-state index contributed by atoms with van der Waals surface area (Å²) in [5.41, 5.74) is 1.14. The minimum atomic E-state index is -0.121. The van der Waals surface area contributed by atoms with E-state index in [0.29, 0.717) is 0 Å². The van der Waals surface area contributed by atoms with Gasteiger partial charge in [0.25, 0.3) is 0 Å². The van der Waals surface area contributed by atoms with Gasteiger partial charge in [0.05, 0.1) is 0 Å². The topological polar surface area (TPSA) is 0 Å². The summed E-state index contributed by atoms with van der Waals surface area (Å²) in [5.74, 6) is -0.121. The van der Waals surface area contributed by atoms with Gasteiger partial charge in [0, 0.05) is 0 Å². The van der Waals surface area contributed by atoms with Crippen LogP contribution < -0.4 is 0 Å². The summed E-state index contributed by atoms with van der Waals surface area (Å²) >= 11 is 0. The average molecular weight is 170 g/mol. The van der Waals surface area contributed by atoms with E-state index >= 15 is 0 Å². The maximum atomic E-state index is 12.7. The highest BCUT2D eigenvalue weighted by Crippen LogP contribution is 2.11. The smallest absolute Gasteiger partial charge is 0.118 e. The Morgan fingerprint density at radius 3 is 2.50 bits per heavy atom. The van der Waals surface area contributed by atoms with Crippen LogP contribution in [0.5, 0.6) is 0 Å². The predicted octanol–water partition coefficient (Wildman–Crippen LogP) is 4.39. The number of rotatable bonds is 5. The zero-order chi connectivity index (χ0) is 9.40. The molecule has 0 aromatic carbocycles. The molecule has 0 nitrogen and oxygen atoms in total. The Morgan fingerprint density at radius 2 is 2.00 bits per heavy atom. The molecule has 0 spiro atoms. The molecule has 0 bridgehead atoms. The van der Waals surface area contributed by atoms with Crippen LogP contribution in [0.4, 0.5) is 4.39 Å². The Morgan fingerprint density at radius 1 is 1.33 bits per heavy atom. The summed E-state index contributed by atoms with van der Waals surface area (Å²) in [5, 5.41) is 0. The van der Waals surface area contributed by atoms with Crippen molar-refractivity contribution in [3.63, 3.8) is 0 Å². The maximum Gasteiger partial charge on any atom is 0.118 e. The fourth-order valence-corrected chi connectivity index (χ4v) is 1.04. The number of hydrogen-bond donors (Lipinski definition) is 0. The molecule has 0 heterocycles. The summed E-state index contributed by atoms with van der Waals surface area (Å²) in [6.45, 7) is 5.87. The number of allylic oxidation sites excluding steroid dienone is 4. The highest BCUT2D eigenvalue weighted by atomic mass is 19.1. The summed E-state index contributed by atoms with van der Waals surface area (Å²) < 4.78 is 12.7. The molecule has 0 aromatic heterocycles.